The van der Waals surface area contributed by atoms with Crippen molar-refractivity contribution >= 4 is 23.1 Å². The molecule has 1 aliphatic heterocycles. The summed E-state index contributed by atoms with van der Waals surface area (Å²) in [6.07, 6.45) is 1.20. The Kier molecular flexibility index (Phi) is 5.29. The molecular formula is C14H24N2OS2. The molecule has 0 aromatic carbocycles. The number of hydrogen-bond acceptors (Lipinski definition) is 5. The molecule has 19 heavy (non-hydrogen) atoms. The van der Waals surface area contributed by atoms with Crippen LogP contribution in [-0.2, 0) is 17.7 Å². The van der Waals surface area contributed by atoms with E-state index in [1.54, 1.807) is 0 Å². The van der Waals surface area contributed by atoms with Crippen LogP contribution >= 0.6 is 23.1 Å². The molecule has 108 valence electrons. The minimum Gasteiger partial charge on any atom is -0.369 e. The van der Waals surface area contributed by atoms with Crippen molar-refractivity contribution in [2.45, 2.75) is 52.3 Å². The zero-order valence-electron chi connectivity index (χ0n) is 12.3. The van der Waals surface area contributed by atoms with Gasteiger partial charge in [0, 0.05) is 28.5 Å². The van der Waals surface area contributed by atoms with Crippen molar-refractivity contribution in [3.05, 3.63) is 15.6 Å². The first-order valence-corrected chi connectivity index (χ1v) is 8.89. The quantitative estimate of drug-likeness (QED) is 0.924. The molecule has 0 spiro atoms. The maximum Gasteiger partial charge on any atom is 0.123 e. The van der Waals surface area contributed by atoms with E-state index in [0.29, 0.717) is 0 Å². The van der Waals surface area contributed by atoms with E-state index >= 15 is 0 Å². The van der Waals surface area contributed by atoms with Crippen molar-refractivity contribution in [2.24, 2.45) is 0 Å². The first kappa shape index (κ1) is 15.3. The number of ether oxygens (including phenoxy) is 1. The Balaban J connectivity index is 2.07. The van der Waals surface area contributed by atoms with E-state index in [0.717, 1.165) is 36.1 Å². The molecule has 0 aliphatic carbocycles. The van der Waals surface area contributed by atoms with Gasteiger partial charge < -0.3 is 10.1 Å². The smallest absolute Gasteiger partial charge is 0.123 e. The topological polar surface area (TPSA) is 34.1 Å². The van der Waals surface area contributed by atoms with Gasteiger partial charge in [0.25, 0.3) is 0 Å². The van der Waals surface area contributed by atoms with Crippen LogP contribution in [0.25, 0.3) is 0 Å². The van der Waals surface area contributed by atoms with E-state index in [1.165, 1.54) is 10.6 Å². The second kappa shape index (κ2) is 6.57. The molecule has 1 saturated heterocycles. The average molecular weight is 300 g/mol. The van der Waals surface area contributed by atoms with Gasteiger partial charge in [-0.3, -0.25) is 0 Å². The highest BCUT2D eigenvalue weighted by atomic mass is 32.2. The summed E-state index contributed by atoms with van der Waals surface area (Å²) in [5.41, 5.74) is 1.38. The SMILES string of the molecule is CCc1nc(C2CSCCO2)sc1CNC(C)(C)C. The molecule has 0 amide bonds. The second-order valence-corrected chi connectivity index (χ2v) is 8.08. The van der Waals surface area contributed by atoms with Crippen LogP contribution in [0.2, 0.25) is 0 Å². The fourth-order valence-electron chi connectivity index (χ4n) is 1.93. The van der Waals surface area contributed by atoms with Crippen molar-refractivity contribution in [2.75, 3.05) is 18.1 Å². The molecule has 0 saturated carbocycles. The van der Waals surface area contributed by atoms with Gasteiger partial charge in [-0.1, -0.05) is 6.92 Å². The lowest BCUT2D eigenvalue weighted by molar-refractivity contribution is 0.0754. The van der Waals surface area contributed by atoms with Crippen LogP contribution in [0.3, 0.4) is 0 Å². The van der Waals surface area contributed by atoms with Gasteiger partial charge in [-0.05, 0) is 27.2 Å². The van der Waals surface area contributed by atoms with Crippen LogP contribution in [0.5, 0.6) is 0 Å². The summed E-state index contributed by atoms with van der Waals surface area (Å²) in [4.78, 5) is 6.16. The molecule has 1 aliphatic rings. The standard InChI is InChI=1S/C14H24N2OS2/c1-5-10-12(8-15-14(2,3)4)19-13(16-10)11-9-18-7-6-17-11/h11,15H,5-9H2,1-4H3. The molecule has 2 rings (SSSR count). The monoisotopic (exact) mass is 300 g/mol. The highest BCUT2D eigenvalue weighted by Crippen LogP contribution is 2.31. The highest BCUT2D eigenvalue weighted by molar-refractivity contribution is 7.99. The number of aryl methyl sites for hydroxylation is 1. The Bertz CT molecular complexity index is 406. The first-order chi connectivity index (χ1) is 8.99. The molecule has 1 atom stereocenters. The Hall–Kier alpha value is -0.100. The summed E-state index contributed by atoms with van der Waals surface area (Å²) < 4.78 is 5.83. The van der Waals surface area contributed by atoms with Crippen LogP contribution in [0.1, 0.15) is 49.4 Å². The fourth-order valence-corrected chi connectivity index (χ4v) is 4.03. The highest BCUT2D eigenvalue weighted by Gasteiger charge is 2.22. The minimum atomic E-state index is 0.145. The van der Waals surface area contributed by atoms with Crippen LogP contribution in [0.4, 0.5) is 0 Å². The Morgan fingerprint density at radius 3 is 2.79 bits per heavy atom. The largest absolute Gasteiger partial charge is 0.369 e. The van der Waals surface area contributed by atoms with Crippen molar-refractivity contribution < 1.29 is 4.74 Å². The molecule has 2 heterocycles. The lowest BCUT2D eigenvalue weighted by Gasteiger charge is -2.20. The zero-order valence-corrected chi connectivity index (χ0v) is 13.9. The van der Waals surface area contributed by atoms with Crippen molar-refractivity contribution in [3.63, 3.8) is 0 Å². The van der Waals surface area contributed by atoms with Gasteiger partial charge in [-0.2, -0.15) is 11.8 Å². The van der Waals surface area contributed by atoms with Crippen LogP contribution in [0, 0.1) is 0 Å². The number of hydrogen-bond donors (Lipinski definition) is 1. The number of aromatic nitrogens is 1. The van der Waals surface area contributed by atoms with E-state index in [9.17, 15) is 0 Å². The van der Waals surface area contributed by atoms with Gasteiger partial charge in [-0.25, -0.2) is 4.98 Å². The summed E-state index contributed by atoms with van der Waals surface area (Å²) in [5, 5.41) is 4.72. The van der Waals surface area contributed by atoms with Gasteiger partial charge in [0.1, 0.15) is 11.1 Å². The predicted octanol–water partition coefficient (Wildman–Crippen LogP) is 3.40. The number of nitrogens with zero attached hydrogens (tertiary/aromatic N) is 1. The maximum absolute atomic E-state index is 5.83. The molecule has 1 unspecified atom stereocenters. The average Bonchev–Trinajstić information content (AvgIpc) is 2.80. The van der Waals surface area contributed by atoms with Crippen LogP contribution in [-0.4, -0.2) is 28.6 Å². The summed E-state index contributed by atoms with van der Waals surface area (Å²) >= 11 is 3.78. The third-order valence-electron chi connectivity index (χ3n) is 3.00. The van der Waals surface area contributed by atoms with Gasteiger partial charge in [0.05, 0.1) is 12.3 Å². The lowest BCUT2D eigenvalue weighted by Crippen LogP contribution is -2.35. The molecule has 0 bridgehead atoms. The van der Waals surface area contributed by atoms with Crippen LogP contribution < -0.4 is 5.32 Å². The number of nitrogens with one attached hydrogen (secondary N) is 1. The van der Waals surface area contributed by atoms with E-state index in [2.05, 4.69) is 33.0 Å². The number of rotatable bonds is 4. The third-order valence-corrected chi connectivity index (χ3v) is 5.18. The molecule has 3 nitrogen and oxygen atoms in total. The molecular weight excluding hydrogens is 276 g/mol. The maximum atomic E-state index is 5.83. The predicted molar refractivity (Wildman–Crippen MR) is 84.1 cm³/mol. The molecule has 5 heteroatoms. The Morgan fingerprint density at radius 2 is 2.21 bits per heavy atom. The van der Waals surface area contributed by atoms with Crippen molar-refractivity contribution in [1.82, 2.24) is 10.3 Å². The molecule has 1 fully saturated rings. The molecule has 1 aromatic rings. The van der Waals surface area contributed by atoms with Crippen molar-refractivity contribution in [1.29, 1.82) is 0 Å². The summed E-state index contributed by atoms with van der Waals surface area (Å²) in [6.45, 7) is 10.5. The fraction of sp³-hybridized carbons (Fsp3) is 0.786. The normalized spacial score (nSPS) is 20.7. The molecule has 1 N–H and O–H groups in total. The first-order valence-electron chi connectivity index (χ1n) is 6.92. The summed E-state index contributed by atoms with van der Waals surface area (Å²) in [5.74, 6) is 2.16. The molecule has 0 radical (unpaired) electrons. The zero-order chi connectivity index (χ0) is 13.9. The molecule has 1 aromatic heterocycles. The number of thioether (sulfide) groups is 1. The van der Waals surface area contributed by atoms with E-state index in [1.807, 2.05) is 23.1 Å². The minimum absolute atomic E-state index is 0.145. The summed E-state index contributed by atoms with van der Waals surface area (Å²) in [7, 11) is 0. The van der Waals surface area contributed by atoms with E-state index in [4.69, 9.17) is 9.72 Å². The lowest BCUT2D eigenvalue weighted by atomic mass is 10.1. The Labute approximate surface area is 124 Å². The van der Waals surface area contributed by atoms with Crippen molar-refractivity contribution in [3.8, 4) is 0 Å². The van der Waals surface area contributed by atoms with Gasteiger partial charge in [0.2, 0.25) is 0 Å². The van der Waals surface area contributed by atoms with Gasteiger partial charge >= 0.3 is 0 Å². The second-order valence-electron chi connectivity index (χ2n) is 5.81. The third kappa shape index (κ3) is 4.45. The van der Waals surface area contributed by atoms with Crippen LogP contribution in [0.15, 0.2) is 0 Å². The summed E-state index contributed by atoms with van der Waals surface area (Å²) in [6, 6.07) is 0. The van der Waals surface area contributed by atoms with E-state index in [-0.39, 0.29) is 11.6 Å². The number of thiazole rings is 1. The van der Waals surface area contributed by atoms with Gasteiger partial charge in [0.15, 0.2) is 0 Å². The Morgan fingerprint density at radius 1 is 1.42 bits per heavy atom. The van der Waals surface area contributed by atoms with E-state index < -0.39 is 0 Å². The van der Waals surface area contributed by atoms with Gasteiger partial charge in [-0.15, -0.1) is 11.3 Å².